The number of unbranched alkanes of at least 4 members (excludes halogenated alkanes) is 1. The first-order valence-electron chi connectivity index (χ1n) is 7.46. The number of nitrogens with zero attached hydrogens (tertiary/aromatic N) is 3. The first-order chi connectivity index (χ1) is 10.4. The maximum atomic E-state index is 11.8. The summed E-state index contributed by atoms with van der Waals surface area (Å²) in [6.07, 6.45) is 5.48. The molecule has 0 aromatic carbocycles. The van der Waals surface area contributed by atoms with Gasteiger partial charge in [-0.1, -0.05) is 13.3 Å². The smallest absolute Gasteiger partial charge is 0.271 e. The molecule has 1 N–H and O–H groups in total. The first kappa shape index (κ1) is 16.7. The van der Waals surface area contributed by atoms with Gasteiger partial charge in [0.1, 0.15) is 11.5 Å². The van der Waals surface area contributed by atoms with Gasteiger partial charge in [0.2, 0.25) is 0 Å². The predicted octanol–water partition coefficient (Wildman–Crippen LogP) is 0.630. The minimum Gasteiger partial charge on any atom is -0.354 e. The van der Waals surface area contributed by atoms with E-state index in [2.05, 4.69) is 22.2 Å². The van der Waals surface area contributed by atoms with Gasteiger partial charge in [0.25, 0.3) is 5.91 Å². The Kier molecular flexibility index (Phi) is 5.33. The highest BCUT2D eigenvalue weighted by atomic mass is 32.2. The van der Waals surface area contributed by atoms with Crippen molar-refractivity contribution in [3.8, 4) is 0 Å². The van der Waals surface area contributed by atoms with Crippen LogP contribution in [0.4, 0.5) is 5.82 Å². The molecular formula is C14H22N4O3S. The minimum atomic E-state index is -2.94. The van der Waals surface area contributed by atoms with E-state index >= 15 is 0 Å². The molecule has 1 aromatic rings. The standard InChI is InChI=1S/C14H22N4O3S/c1-3-4-6-15-14(19)12-8-17-13(9-16-12)18(2)11-5-7-22(20,21)10-11/h8-9,11H,3-7,10H2,1-2H3,(H,15,19). The third kappa shape index (κ3) is 4.16. The lowest BCUT2D eigenvalue weighted by Crippen LogP contribution is -2.33. The average Bonchev–Trinajstić information content (AvgIpc) is 2.87. The molecule has 1 saturated heterocycles. The Morgan fingerprint density at radius 1 is 1.41 bits per heavy atom. The first-order valence-corrected chi connectivity index (χ1v) is 9.28. The SMILES string of the molecule is CCCCNC(=O)c1cnc(N(C)C2CCS(=O)(=O)C2)cn1. The van der Waals surface area contributed by atoms with Gasteiger partial charge < -0.3 is 10.2 Å². The lowest BCUT2D eigenvalue weighted by atomic mass is 10.2. The van der Waals surface area contributed by atoms with Crippen LogP contribution in [0.25, 0.3) is 0 Å². The second kappa shape index (κ2) is 7.04. The summed E-state index contributed by atoms with van der Waals surface area (Å²) in [6.45, 7) is 2.68. The molecule has 8 heteroatoms. The van der Waals surface area contributed by atoms with E-state index in [0.717, 1.165) is 12.8 Å². The fourth-order valence-corrected chi connectivity index (χ4v) is 4.13. The maximum Gasteiger partial charge on any atom is 0.271 e. The molecule has 0 saturated carbocycles. The van der Waals surface area contributed by atoms with E-state index in [1.807, 2.05) is 4.90 Å². The summed E-state index contributed by atoms with van der Waals surface area (Å²) in [4.78, 5) is 22.0. The Bertz CT molecular complexity index is 615. The van der Waals surface area contributed by atoms with E-state index in [0.29, 0.717) is 18.8 Å². The zero-order chi connectivity index (χ0) is 16.2. The maximum absolute atomic E-state index is 11.8. The molecule has 7 nitrogen and oxygen atoms in total. The van der Waals surface area contributed by atoms with Gasteiger partial charge in [-0.3, -0.25) is 4.79 Å². The fourth-order valence-electron chi connectivity index (χ4n) is 2.36. The van der Waals surface area contributed by atoms with E-state index in [1.165, 1.54) is 12.4 Å². The van der Waals surface area contributed by atoms with Crippen LogP contribution in [0.1, 0.15) is 36.7 Å². The van der Waals surface area contributed by atoms with Gasteiger partial charge in [-0.25, -0.2) is 18.4 Å². The van der Waals surface area contributed by atoms with Crippen molar-refractivity contribution in [2.75, 3.05) is 30.0 Å². The van der Waals surface area contributed by atoms with Crippen LogP contribution >= 0.6 is 0 Å². The van der Waals surface area contributed by atoms with Gasteiger partial charge in [-0.05, 0) is 12.8 Å². The van der Waals surface area contributed by atoms with Crippen LogP contribution in [-0.2, 0) is 9.84 Å². The van der Waals surface area contributed by atoms with E-state index in [-0.39, 0.29) is 29.1 Å². The number of hydrogen-bond acceptors (Lipinski definition) is 6. The zero-order valence-electron chi connectivity index (χ0n) is 12.9. The highest BCUT2D eigenvalue weighted by Crippen LogP contribution is 2.20. The molecule has 122 valence electrons. The second-order valence-corrected chi connectivity index (χ2v) is 7.77. The van der Waals surface area contributed by atoms with Gasteiger partial charge >= 0.3 is 0 Å². The van der Waals surface area contributed by atoms with Gasteiger partial charge in [0.15, 0.2) is 9.84 Å². The van der Waals surface area contributed by atoms with Crippen molar-refractivity contribution in [3.63, 3.8) is 0 Å². The summed E-state index contributed by atoms with van der Waals surface area (Å²) in [5.41, 5.74) is 0.271. The Hall–Kier alpha value is -1.70. The Balaban J connectivity index is 1.98. The summed E-state index contributed by atoms with van der Waals surface area (Å²) in [5, 5.41) is 2.78. The highest BCUT2D eigenvalue weighted by molar-refractivity contribution is 7.91. The van der Waals surface area contributed by atoms with Crippen molar-refractivity contribution < 1.29 is 13.2 Å². The van der Waals surface area contributed by atoms with Gasteiger partial charge in [-0.15, -0.1) is 0 Å². The average molecular weight is 326 g/mol. The molecule has 0 spiro atoms. The van der Waals surface area contributed by atoms with Crippen LogP contribution in [0.15, 0.2) is 12.4 Å². The number of aromatic nitrogens is 2. The van der Waals surface area contributed by atoms with E-state index in [9.17, 15) is 13.2 Å². The number of anilines is 1. The summed E-state index contributed by atoms with van der Waals surface area (Å²) < 4.78 is 23.1. The van der Waals surface area contributed by atoms with E-state index in [4.69, 9.17) is 0 Å². The quantitative estimate of drug-likeness (QED) is 0.771. The molecule has 1 aromatic heterocycles. The number of carbonyl (C=O) groups is 1. The van der Waals surface area contributed by atoms with Crippen LogP contribution in [-0.4, -0.2) is 55.4 Å². The molecule has 1 atom stereocenters. The summed E-state index contributed by atoms with van der Waals surface area (Å²) in [7, 11) is -1.13. The molecule has 1 aliphatic rings. The van der Waals surface area contributed by atoms with Crippen LogP contribution in [0.2, 0.25) is 0 Å². The number of carbonyl (C=O) groups excluding carboxylic acids is 1. The monoisotopic (exact) mass is 326 g/mol. The van der Waals surface area contributed by atoms with Crippen molar-refractivity contribution in [1.29, 1.82) is 0 Å². The lowest BCUT2D eigenvalue weighted by molar-refractivity contribution is 0.0948. The third-order valence-electron chi connectivity index (χ3n) is 3.80. The molecule has 1 unspecified atom stereocenters. The molecule has 0 bridgehead atoms. The third-order valence-corrected chi connectivity index (χ3v) is 5.55. The van der Waals surface area contributed by atoms with Crippen LogP contribution in [0.3, 0.4) is 0 Å². The van der Waals surface area contributed by atoms with Crippen molar-refractivity contribution in [3.05, 3.63) is 18.1 Å². The molecular weight excluding hydrogens is 304 g/mol. The lowest BCUT2D eigenvalue weighted by Gasteiger charge is -2.23. The van der Waals surface area contributed by atoms with Crippen LogP contribution < -0.4 is 10.2 Å². The highest BCUT2D eigenvalue weighted by Gasteiger charge is 2.31. The number of rotatable bonds is 6. The molecule has 1 aliphatic heterocycles. The van der Waals surface area contributed by atoms with Crippen molar-refractivity contribution in [1.82, 2.24) is 15.3 Å². The molecule has 2 rings (SSSR count). The zero-order valence-corrected chi connectivity index (χ0v) is 13.8. The normalized spacial score (nSPS) is 19.8. The Labute approximate surface area is 131 Å². The van der Waals surface area contributed by atoms with Crippen molar-refractivity contribution in [2.24, 2.45) is 0 Å². The molecule has 2 heterocycles. The number of amides is 1. The van der Waals surface area contributed by atoms with Gasteiger partial charge in [0, 0.05) is 19.6 Å². The summed E-state index contributed by atoms with van der Waals surface area (Å²) >= 11 is 0. The Morgan fingerprint density at radius 2 is 2.18 bits per heavy atom. The Morgan fingerprint density at radius 3 is 2.73 bits per heavy atom. The number of nitrogens with one attached hydrogen (secondary N) is 1. The van der Waals surface area contributed by atoms with Crippen molar-refractivity contribution in [2.45, 2.75) is 32.2 Å². The number of hydrogen-bond donors (Lipinski definition) is 1. The van der Waals surface area contributed by atoms with Crippen LogP contribution in [0.5, 0.6) is 0 Å². The molecule has 22 heavy (non-hydrogen) atoms. The number of sulfone groups is 1. The summed E-state index contributed by atoms with van der Waals surface area (Å²) in [6, 6.07) is -0.0801. The molecule has 0 aliphatic carbocycles. The second-order valence-electron chi connectivity index (χ2n) is 5.54. The van der Waals surface area contributed by atoms with E-state index in [1.54, 1.807) is 7.05 Å². The summed E-state index contributed by atoms with van der Waals surface area (Å²) in [5.74, 6) is 0.698. The van der Waals surface area contributed by atoms with Gasteiger partial charge in [0.05, 0.1) is 23.9 Å². The van der Waals surface area contributed by atoms with Gasteiger partial charge in [-0.2, -0.15) is 0 Å². The predicted molar refractivity (Wildman–Crippen MR) is 84.7 cm³/mol. The molecule has 0 radical (unpaired) electrons. The molecule has 1 fully saturated rings. The fraction of sp³-hybridized carbons (Fsp3) is 0.643. The van der Waals surface area contributed by atoms with Crippen LogP contribution in [0, 0.1) is 0 Å². The van der Waals surface area contributed by atoms with E-state index < -0.39 is 9.84 Å². The van der Waals surface area contributed by atoms with Crippen molar-refractivity contribution >= 4 is 21.6 Å². The topological polar surface area (TPSA) is 92.3 Å². The minimum absolute atomic E-state index is 0.0801. The molecule has 1 amide bonds. The largest absolute Gasteiger partial charge is 0.354 e.